The van der Waals surface area contributed by atoms with Gasteiger partial charge in [0, 0.05) is 4.91 Å². The first-order valence-corrected chi connectivity index (χ1v) is 8.00. The highest BCUT2D eigenvalue weighted by Crippen LogP contribution is 2.31. The predicted octanol–water partition coefficient (Wildman–Crippen LogP) is 3.95. The van der Waals surface area contributed by atoms with Crippen LogP contribution in [0.3, 0.4) is 0 Å². The fourth-order valence-electron chi connectivity index (χ4n) is 2.15. The van der Waals surface area contributed by atoms with Crippen LogP contribution in [0.15, 0.2) is 45.7 Å². The number of hydrogen-bond acceptors (Lipinski definition) is 2. The van der Waals surface area contributed by atoms with Gasteiger partial charge in [-0.05, 0) is 62.4 Å². The van der Waals surface area contributed by atoms with Crippen molar-refractivity contribution < 1.29 is 8.42 Å². The minimum absolute atomic E-state index is 0.293. The van der Waals surface area contributed by atoms with Crippen molar-refractivity contribution in [3.63, 3.8) is 0 Å². The Bertz CT molecular complexity index is 664. The van der Waals surface area contributed by atoms with E-state index in [1.807, 2.05) is 32.9 Å². The Morgan fingerprint density at radius 1 is 1.05 bits per heavy atom. The monoisotopic (exact) mass is 276 g/mol. The lowest BCUT2D eigenvalue weighted by molar-refractivity contribution is 0.592. The quantitative estimate of drug-likeness (QED) is 0.819. The van der Waals surface area contributed by atoms with Gasteiger partial charge in [0.05, 0.1) is 4.90 Å². The molecule has 0 saturated heterocycles. The molecule has 0 heterocycles. The van der Waals surface area contributed by atoms with Crippen LogP contribution in [0.2, 0.25) is 0 Å². The maximum atomic E-state index is 12.6. The molecule has 1 unspecified atom stereocenters. The molecule has 1 aliphatic rings. The molecule has 102 valence electrons. The lowest BCUT2D eigenvalue weighted by Gasteiger charge is -2.19. The lowest BCUT2D eigenvalue weighted by Crippen LogP contribution is -2.12. The summed E-state index contributed by atoms with van der Waals surface area (Å²) in [6, 6.07) is 5.34. The molecule has 0 radical (unpaired) electrons. The summed E-state index contributed by atoms with van der Waals surface area (Å²) in [5, 5.41) is 0. The number of aryl methyl sites for hydroxylation is 2. The second-order valence-corrected chi connectivity index (χ2v) is 7.40. The standard InChI is InChI=1S/C16H20O2S/c1-11-5-7-15(9-13(11)3)19(17,18)16-8-6-12(2)14(4)10-16/h5-9,14H,10H2,1-4H3. The van der Waals surface area contributed by atoms with Crippen molar-refractivity contribution in [1.82, 2.24) is 0 Å². The largest absolute Gasteiger partial charge is 0.219 e. The molecule has 0 aliphatic heterocycles. The van der Waals surface area contributed by atoms with Gasteiger partial charge in [0.2, 0.25) is 9.84 Å². The molecule has 0 fully saturated rings. The number of sulfone groups is 1. The zero-order chi connectivity index (χ0) is 14.2. The van der Waals surface area contributed by atoms with Crippen LogP contribution >= 0.6 is 0 Å². The van der Waals surface area contributed by atoms with Gasteiger partial charge in [-0.2, -0.15) is 0 Å². The number of benzene rings is 1. The SMILES string of the molecule is CC1=CC=C(S(=O)(=O)c2ccc(C)c(C)c2)CC1C. The zero-order valence-electron chi connectivity index (χ0n) is 11.9. The molecule has 1 aromatic rings. The van der Waals surface area contributed by atoms with Gasteiger partial charge in [0.15, 0.2) is 0 Å². The third kappa shape index (κ3) is 2.66. The van der Waals surface area contributed by atoms with Gasteiger partial charge in [-0.15, -0.1) is 0 Å². The van der Waals surface area contributed by atoms with Gasteiger partial charge in [-0.3, -0.25) is 0 Å². The fraction of sp³-hybridized carbons (Fsp3) is 0.375. The van der Waals surface area contributed by atoms with E-state index in [0.717, 1.165) is 11.1 Å². The molecule has 0 amide bonds. The van der Waals surface area contributed by atoms with Crippen molar-refractivity contribution in [3.05, 3.63) is 52.0 Å². The van der Waals surface area contributed by atoms with Gasteiger partial charge in [0.25, 0.3) is 0 Å². The molecule has 2 rings (SSSR count). The molecule has 2 nitrogen and oxygen atoms in total. The Morgan fingerprint density at radius 2 is 1.74 bits per heavy atom. The molecule has 19 heavy (non-hydrogen) atoms. The van der Waals surface area contributed by atoms with E-state index in [2.05, 4.69) is 6.92 Å². The fourth-order valence-corrected chi connectivity index (χ4v) is 3.75. The first-order chi connectivity index (χ1) is 8.82. The Kier molecular flexibility index (Phi) is 3.68. The molecular formula is C16H20O2S. The highest BCUT2D eigenvalue weighted by molar-refractivity contribution is 7.95. The second-order valence-electron chi connectivity index (χ2n) is 5.40. The van der Waals surface area contributed by atoms with Crippen molar-refractivity contribution in [2.75, 3.05) is 0 Å². The Hall–Kier alpha value is -1.35. The summed E-state index contributed by atoms with van der Waals surface area (Å²) in [5.41, 5.74) is 3.36. The summed E-state index contributed by atoms with van der Waals surface area (Å²) in [6.07, 6.45) is 4.26. The molecule has 0 aromatic heterocycles. The van der Waals surface area contributed by atoms with Crippen LogP contribution in [0.25, 0.3) is 0 Å². The first kappa shape index (κ1) is 14.1. The number of hydrogen-bond donors (Lipinski definition) is 0. The molecule has 0 bridgehead atoms. The Labute approximate surface area is 115 Å². The number of rotatable bonds is 2. The van der Waals surface area contributed by atoms with Crippen molar-refractivity contribution in [3.8, 4) is 0 Å². The van der Waals surface area contributed by atoms with Crippen LogP contribution in [-0.2, 0) is 9.84 Å². The van der Waals surface area contributed by atoms with E-state index in [0.29, 0.717) is 22.1 Å². The summed E-state index contributed by atoms with van der Waals surface area (Å²) in [4.78, 5) is 0.927. The van der Waals surface area contributed by atoms with Crippen molar-refractivity contribution >= 4 is 9.84 Å². The maximum absolute atomic E-state index is 12.6. The van der Waals surface area contributed by atoms with E-state index >= 15 is 0 Å². The van der Waals surface area contributed by atoms with E-state index in [-0.39, 0.29) is 0 Å². The van der Waals surface area contributed by atoms with E-state index in [1.165, 1.54) is 5.57 Å². The Morgan fingerprint density at radius 3 is 2.32 bits per heavy atom. The van der Waals surface area contributed by atoms with E-state index in [9.17, 15) is 8.42 Å². The predicted molar refractivity (Wildman–Crippen MR) is 78.7 cm³/mol. The third-order valence-electron chi connectivity index (χ3n) is 3.95. The summed E-state index contributed by atoms with van der Waals surface area (Å²) in [5.74, 6) is 0.293. The van der Waals surface area contributed by atoms with Crippen molar-refractivity contribution in [2.24, 2.45) is 5.92 Å². The maximum Gasteiger partial charge on any atom is 0.202 e. The van der Waals surface area contributed by atoms with Crippen LogP contribution in [0.1, 0.15) is 31.4 Å². The van der Waals surface area contributed by atoms with Gasteiger partial charge in [0.1, 0.15) is 0 Å². The average Bonchev–Trinajstić information content (AvgIpc) is 2.35. The third-order valence-corrected chi connectivity index (χ3v) is 5.82. The van der Waals surface area contributed by atoms with Crippen LogP contribution < -0.4 is 0 Å². The van der Waals surface area contributed by atoms with E-state index < -0.39 is 9.84 Å². The highest BCUT2D eigenvalue weighted by atomic mass is 32.2. The smallest absolute Gasteiger partial charge is 0.202 e. The van der Waals surface area contributed by atoms with Crippen LogP contribution in [0.4, 0.5) is 0 Å². The van der Waals surface area contributed by atoms with Gasteiger partial charge in [-0.1, -0.05) is 24.6 Å². The van der Waals surface area contributed by atoms with Crippen molar-refractivity contribution in [1.29, 1.82) is 0 Å². The first-order valence-electron chi connectivity index (χ1n) is 6.52. The molecule has 0 spiro atoms. The molecule has 0 saturated carbocycles. The molecule has 1 atom stereocenters. The van der Waals surface area contributed by atoms with E-state index in [1.54, 1.807) is 18.2 Å². The van der Waals surface area contributed by atoms with Gasteiger partial charge >= 0.3 is 0 Å². The topological polar surface area (TPSA) is 34.1 Å². The summed E-state index contributed by atoms with van der Waals surface area (Å²) in [7, 11) is -3.34. The van der Waals surface area contributed by atoms with Crippen LogP contribution in [-0.4, -0.2) is 8.42 Å². The molecule has 0 N–H and O–H groups in total. The zero-order valence-corrected chi connectivity index (χ0v) is 12.7. The summed E-state index contributed by atoms with van der Waals surface area (Å²) < 4.78 is 25.2. The van der Waals surface area contributed by atoms with Gasteiger partial charge < -0.3 is 0 Å². The number of allylic oxidation sites excluding steroid dienone is 4. The highest BCUT2D eigenvalue weighted by Gasteiger charge is 2.24. The van der Waals surface area contributed by atoms with Gasteiger partial charge in [-0.25, -0.2) is 8.42 Å². The van der Waals surface area contributed by atoms with E-state index in [4.69, 9.17) is 0 Å². The normalized spacial score (nSPS) is 19.9. The summed E-state index contributed by atoms with van der Waals surface area (Å²) in [6.45, 7) is 8.03. The minimum Gasteiger partial charge on any atom is -0.219 e. The lowest BCUT2D eigenvalue weighted by atomic mass is 9.95. The van der Waals surface area contributed by atoms with Crippen LogP contribution in [0.5, 0.6) is 0 Å². The molecule has 1 aliphatic carbocycles. The minimum atomic E-state index is -3.34. The molecule has 3 heteroatoms. The second kappa shape index (κ2) is 4.97. The van der Waals surface area contributed by atoms with Crippen molar-refractivity contribution in [2.45, 2.75) is 39.0 Å². The molecule has 1 aromatic carbocycles. The molecular weight excluding hydrogens is 256 g/mol. The average molecular weight is 276 g/mol. The summed E-state index contributed by atoms with van der Waals surface area (Å²) >= 11 is 0. The van der Waals surface area contributed by atoms with Crippen LogP contribution in [0, 0.1) is 19.8 Å². The Balaban J connectivity index is 2.46.